The second-order valence-electron chi connectivity index (χ2n) is 10.5. The largest absolute Gasteiger partial charge is 0.342 e. The van der Waals surface area contributed by atoms with E-state index < -0.39 is 6.04 Å². The van der Waals surface area contributed by atoms with Crippen molar-refractivity contribution in [2.45, 2.75) is 19.9 Å². The van der Waals surface area contributed by atoms with Gasteiger partial charge in [0.25, 0.3) is 11.5 Å². The third-order valence-electron chi connectivity index (χ3n) is 7.57. The monoisotopic (exact) mass is 579 g/mol. The van der Waals surface area contributed by atoms with E-state index in [1.807, 2.05) is 89.3 Å². The molecule has 0 radical (unpaired) electrons. The number of pyridine rings is 1. The molecule has 0 unspecified atom stereocenters. The molecule has 0 aliphatic carbocycles. The zero-order valence-corrected chi connectivity index (χ0v) is 24.3. The molecule has 7 aromatic rings. The van der Waals surface area contributed by atoms with E-state index in [2.05, 4.69) is 27.2 Å². The van der Waals surface area contributed by atoms with Gasteiger partial charge in [-0.3, -0.25) is 14.2 Å². The van der Waals surface area contributed by atoms with E-state index in [1.165, 1.54) is 0 Å². The molecule has 1 amide bonds. The van der Waals surface area contributed by atoms with Crippen LogP contribution in [0.25, 0.3) is 27.8 Å². The Morgan fingerprint density at radius 3 is 2.59 bits per heavy atom. The smallest absolute Gasteiger partial charge is 0.267 e. The van der Waals surface area contributed by atoms with E-state index in [4.69, 9.17) is 4.98 Å². The summed E-state index contributed by atoms with van der Waals surface area (Å²) in [5.74, 6) is 6.53. The summed E-state index contributed by atoms with van der Waals surface area (Å²) < 4.78 is 7.08. The Balaban J connectivity index is 1.35. The van der Waals surface area contributed by atoms with Crippen molar-refractivity contribution < 1.29 is 9.48 Å². The molecule has 0 aliphatic heterocycles. The van der Waals surface area contributed by atoms with Crippen molar-refractivity contribution in [3.8, 4) is 17.5 Å². The lowest BCUT2D eigenvalue weighted by Crippen LogP contribution is -2.33. The van der Waals surface area contributed by atoms with Crippen LogP contribution in [0.4, 0.5) is 0 Å². The van der Waals surface area contributed by atoms with Gasteiger partial charge in [-0.05, 0) is 56.3 Å². The normalized spacial score (nSPS) is 11.9. The van der Waals surface area contributed by atoms with E-state index >= 15 is 0 Å². The highest BCUT2D eigenvalue weighted by atomic mass is 16.2. The zero-order chi connectivity index (χ0) is 30.4. The number of carbonyl (C=O) groups is 1. The quantitative estimate of drug-likeness (QED) is 0.253. The first-order chi connectivity index (χ1) is 21.4. The van der Waals surface area contributed by atoms with Crippen molar-refractivity contribution in [2.75, 3.05) is 0 Å². The van der Waals surface area contributed by atoms with Gasteiger partial charge in [-0.15, -0.1) is 9.20 Å². The Morgan fingerprint density at radius 1 is 0.955 bits per heavy atom. The van der Waals surface area contributed by atoms with Crippen molar-refractivity contribution in [1.29, 1.82) is 0 Å². The van der Waals surface area contributed by atoms with Crippen LogP contribution in [0.3, 0.4) is 0 Å². The Hall–Kier alpha value is -6.08. The molecule has 0 saturated carbocycles. The standard InChI is InChI=1S/C34H26N8O2/c1-22-29(32-35-18-10-19-40(32)38-22)33(43)36-23(2)31-37-27-14-9-11-24(30(27)34(44)42(31)26-12-5-4-6-13-26)16-17-25-21-39(3)41-20-8-7-15-28(25)41/h4-15,18-21,23H,1-3H3/p+1/t23-/m1/s1. The lowest BCUT2D eigenvalue weighted by molar-refractivity contribution is -0.737. The third-order valence-corrected chi connectivity index (χ3v) is 7.57. The van der Waals surface area contributed by atoms with Crippen LogP contribution in [0.5, 0.6) is 0 Å². The van der Waals surface area contributed by atoms with Crippen molar-refractivity contribution in [2.24, 2.45) is 7.05 Å². The average molecular weight is 580 g/mol. The van der Waals surface area contributed by atoms with Gasteiger partial charge in [0.2, 0.25) is 6.20 Å². The molecular formula is C34H27N8O2+. The maximum Gasteiger partial charge on any atom is 0.267 e. The predicted molar refractivity (Wildman–Crippen MR) is 165 cm³/mol. The number of hydrogen-bond donors (Lipinski definition) is 1. The van der Waals surface area contributed by atoms with Crippen molar-refractivity contribution in [3.05, 3.63) is 136 Å². The summed E-state index contributed by atoms with van der Waals surface area (Å²) in [6, 6.07) is 21.8. The third kappa shape index (κ3) is 4.48. The van der Waals surface area contributed by atoms with Gasteiger partial charge in [0.15, 0.2) is 12.7 Å². The number of amides is 1. The topological polar surface area (TPSA) is 102 Å². The summed E-state index contributed by atoms with van der Waals surface area (Å²) in [6.45, 7) is 3.57. The van der Waals surface area contributed by atoms with Gasteiger partial charge < -0.3 is 5.32 Å². The minimum Gasteiger partial charge on any atom is -0.342 e. The fourth-order valence-electron chi connectivity index (χ4n) is 5.53. The van der Waals surface area contributed by atoms with E-state index in [-0.39, 0.29) is 11.5 Å². The second-order valence-corrected chi connectivity index (χ2v) is 10.5. The minimum absolute atomic E-state index is 0.275. The number of aryl methyl sites for hydroxylation is 2. The first kappa shape index (κ1) is 26.8. The molecule has 7 rings (SSSR count). The highest BCUT2D eigenvalue weighted by molar-refractivity contribution is 6.01. The van der Waals surface area contributed by atoms with Crippen LogP contribution >= 0.6 is 0 Å². The Labute approximate surface area is 251 Å². The Kier molecular flexibility index (Phi) is 6.48. The Bertz CT molecular complexity index is 2360. The van der Waals surface area contributed by atoms with Gasteiger partial charge >= 0.3 is 0 Å². The summed E-state index contributed by atoms with van der Waals surface area (Å²) in [5.41, 5.74) is 4.59. The molecule has 0 saturated heterocycles. The molecule has 0 fully saturated rings. The van der Waals surface area contributed by atoms with Crippen LogP contribution in [-0.4, -0.2) is 34.6 Å². The van der Waals surface area contributed by atoms with E-state index in [0.29, 0.717) is 44.9 Å². The summed E-state index contributed by atoms with van der Waals surface area (Å²) in [6.07, 6.45) is 7.29. The molecular weight excluding hydrogens is 552 g/mol. The van der Waals surface area contributed by atoms with Crippen molar-refractivity contribution >= 4 is 28.0 Å². The highest BCUT2D eigenvalue weighted by Crippen LogP contribution is 2.22. The first-order valence-electron chi connectivity index (χ1n) is 14.1. The molecule has 5 aromatic heterocycles. The molecule has 10 nitrogen and oxygen atoms in total. The number of rotatable bonds is 4. The summed E-state index contributed by atoms with van der Waals surface area (Å²) in [5, 5.41) is 7.84. The number of aromatic nitrogens is 7. The second kappa shape index (κ2) is 10.6. The van der Waals surface area contributed by atoms with Crippen LogP contribution in [0, 0.1) is 18.8 Å². The lowest BCUT2D eigenvalue weighted by atomic mass is 10.1. The van der Waals surface area contributed by atoms with E-state index in [0.717, 1.165) is 11.1 Å². The molecule has 0 spiro atoms. The predicted octanol–water partition coefficient (Wildman–Crippen LogP) is 3.70. The average Bonchev–Trinajstić information content (AvgIpc) is 3.55. The fraction of sp³-hybridized carbons (Fsp3) is 0.118. The molecule has 0 aliphatic rings. The summed E-state index contributed by atoms with van der Waals surface area (Å²) >= 11 is 0. The van der Waals surface area contributed by atoms with Gasteiger partial charge in [0.05, 0.1) is 34.5 Å². The molecule has 1 N–H and O–H groups in total. The summed E-state index contributed by atoms with van der Waals surface area (Å²) in [7, 11) is 1.95. The number of fused-ring (bicyclic) bond motifs is 3. The molecule has 2 aromatic carbocycles. The maximum absolute atomic E-state index is 14.4. The van der Waals surface area contributed by atoms with Gasteiger partial charge in [0.1, 0.15) is 22.5 Å². The van der Waals surface area contributed by atoms with Crippen LogP contribution in [0.1, 0.15) is 46.0 Å². The molecule has 44 heavy (non-hydrogen) atoms. The fourth-order valence-corrected chi connectivity index (χ4v) is 5.53. The van der Waals surface area contributed by atoms with Gasteiger partial charge in [-0.25, -0.2) is 14.5 Å². The van der Waals surface area contributed by atoms with Gasteiger partial charge in [-0.1, -0.05) is 42.2 Å². The number of nitrogens with zero attached hydrogens (tertiary/aromatic N) is 7. The SMILES string of the molecule is Cc1nn2cccnc2c1C(=O)N[C@H](C)c1nc2cccc(C#Cc3c[n+](C)n4ccccc34)c2c(=O)n1-c1ccccc1. The lowest BCUT2D eigenvalue weighted by Gasteiger charge is -2.20. The van der Waals surface area contributed by atoms with Gasteiger partial charge in [-0.2, -0.15) is 5.10 Å². The zero-order valence-electron chi connectivity index (χ0n) is 24.3. The van der Waals surface area contributed by atoms with Crippen molar-refractivity contribution in [3.63, 3.8) is 0 Å². The molecule has 5 heterocycles. The number of para-hydroxylation sites is 1. The van der Waals surface area contributed by atoms with Crippen LogP contribution in [-0.2, 0) is 7.05 Å². The number of hydrogen-bond acceptors (Lipinski definition) is 5. The molecule has 10 heteroatoms. The van der Waals surface area contributed by atoms with E-state index in [1.54, 1.807) is 47.5 Å². The van der Waals surface area contributed by atoms with Crippen molar-refractivity contribution in [1.82, 2.24) is 34.0 Å². The van der Waals surface area contributed by atoms with Crippen LogP contribution in [0.15, 0.2) is 102 Å². The molecule has 214 valence electrons. The maximum atomic E-state index is 14.4. The molecule has 1 atom stereocenters. The number of carbonyl (C=O) groups excluding carboxylic acids is 1. The van der Waals surface area contributed by atoms with Crippen LogP contribution in [0.2, 0.25) is 0 Å². The van der Waals surface area contributed by atoms with Crippen LogP contribution < -0.4 is 15.6 Å². The summed E-state index contributed by atoms with van der Waals surface area (Å²) in [4.78, 5) is 37.2. The highest BCUT2D eigenvalue weighted by Gasteiger charge is 2.24. The molecule has 0 bridgehead atoms. The number of nitrogens with one attached hydrogen (secondary N) is 1. The Morgan fingerprint density at radius 2 is 1.75 bits per heavy atom. The number of benzene rings is 2. The minimum atomic E-state index is -0.639. The van der Waals surface area contributed by atoms with Gasteiger partial charge in [0, 0.05) is 18.0 Å². The van der Waals surface area contributed by atoms with E-state index in [9.17, 15) is 9.59 Å². The first-order valence-corrected chi connectivity index (χ1v) is 14.1.